The molecule has 0 amide bonds. The van der Waals surface area contributed by atoms with E-state index in [1.807, 2.05) is 13.0 Å². The Morgan fingerprint density at radius 2 is 2.31 bits per heavy atom. The number of hydrogen-bond acceptors (Lipinski definition) is 3. The molecule has 0 spiro atoms. The standard InChI is InChI=1S/C9H10ClNO2/c1-6-3-4-8(10)11-7(6)5-9(12)13-2/h3-4H,5H2,1-2H3. The van der Waals surface area contributed by atoms with E-state index >= 15 is 0 Å². The van der Waals surface area contributed by atoms with Crippen LogP contribution < -0.4 is 0 Å². The van der Waals surface area contributed by atoms with Gasteiger partial charge in [0.05, 0.1) is 19.2 Å². The Bertz CT molecular complexity index is 325. The fourth-order valence-corrected chi connectivity index (χ4v) is 1.10. The van der Waals surface area contributed by atoms with Crippen molar-refractivity contribution < 1.29 is 9.53 Å². The highest BCUT2D eigenvalue weighted by atomic mass is 35.5. The van der Waals surface area contributed by atoms with E-state index in [1.165, 1.54) is 7.11 Å². The molecule has 3 nitrogen and oxygen atoms in total. The Labute approximate surface area is 81.7 Å². The number of methoxy groups -OCH3 is 1. The van der Waals surface area contributed by atoms with E-state index in [1.54, 1.807) is 6.07 Å². The first-order valence-electron chi connectivity index (χ1n) is 3.82. The lowest BCUT2D eigenvalue weighted by atomic mass is 10.2. The molecule has 4 heteroatoms. The first-order chi connectivity index (χ1) is 6.13. The first-order valence-corrected chi connectivity index (χ1v) is 4.20. The largest absolute Gasteiger partial charge is 0.469 e. The molecule has 0 saturated heterocycles. The van der Waals surface area contributed by atoms with Crippen LogP contribution in [0.25, 0.3) is 0 Å². The summed E-state index contributed by atoms with van der Waals surface area (Å²) in [6, 6.07) is 3.52. The second kappa shape index (κ2) is 4.23. The van der Waals surface area contributed by atoms with E-state index in [9.17, 15) is 4.79 Å². The predicted molar refractivity (Wildman–Crippen MR) is 49.7 cm³/mol. The molecular weight excluding hydrogens is 190 g/mol. The number of aromatic nitrogens is 1. The average molecular weight is 200 g/mol. The molecule has 0 aromatic carbocycles. The SMILES string of the molecule is COC(=O)Cc1nc(Cl)ccc1C. The smallest absolute Gasteiger partial charge is 0.311 e. The molecule has 0 aliphatic heterocycles. The van der Waals surface area contributed by atoms with Gasteiger partial charge >= 0.3 is 5.97 Å². The van der Waals surface area contributed by atoms with Crippen molar-refractivity contribution in [2.45, 2.75) is 13.3 Å². The average Bonchev–Trinajstić information content (AvgIpc) is 2.11. The summed E-state index contributed by atoms with van der Waals surface area (Å²) in [5, 5.41) is 0.393. The van der Waals surface area contributed by atoms with E-state index in [4.69, 9.17) is 11.6 Å². The molecule has 0 bridgehead atoms. The van der Waals surface area contributed by atoms with Gasteiger partial charge in [0.2, 0.25) is 0 Å². The van der Waals surface area contributed by atoms with Gasteiger partial charge in [0.25, 0.3) is 0 Å². The zero-order chi connectivity index (χ0) is 9.84. The highest BCUT2D eigenvalue weighted by Gasteiger charge is 2.07. The van der Waals surface area contributed by atoms with Crippen LogP contribution in [0, 0.1) is 6.92 Å². The van der Waals surface area contributed by atoms with Gasteiger partial charge in [-0.25, -0.2) is 4.98 Å². The minimum atomic E-state index is -0.308. The Hall–Kier alpha value is -1.09. The number of pyridine rings is 1. The third kappa shape index (κ3) is 2.70. The summed E-state index contributed by atoms with van der Waals surface area (Å²) in [5.41, 5.74) is 1.61. The molecule has 0 atom stereocenters. The van der Waals surface area contributed by atoms with E-state index < -0.39 is 0 Å². The van der Waals surface area contributed by atoms with Crippen molar-refractivity contribution in [3.8, 4) is 0 Å². The van der Waals surface area contributed by atoms with Gasteiger partial charge in [-0.15, -0.1) is 0 Å². The number of nitrogens with zero attached hydrogens (tertiary/aromatic N) is 1. The second-order valence-electron chi connectivity index (χ2n) is 2.65. The summed E-state index contributed by atoms with van der Waals surface area (Å²) in [6.45, 7) is 1.88. The van der Waals surface area contributed by atoms with Crippen LogP contribution in [0.2, 0.25) is 5.15 Å². The Kier molecular flexibility index (Phi) is 3.25. The molecule has 70 valence electrons. The van der Waals surface area contributed by atoms with Gasteiger partial charge in [-0.3, -0.25) is 4.79 Å². The van der Waals surface area contributed by atoms with Gasteiger partial charge in [0.1, 0.15) is 5.15 Å². The fraction of sp³-hybridized carbons (Fsp3) is 0.333. The summed E-state index contributed by atoms with van der Waals surface area (Å²) in [7, 11) is 1.35. The minimum Gasteiger partial charge on any atom is -0.469 e. The number of rotatable bonds is 2. The van der Waals surface area contributed by atoms with Gasteiger partial charge < -0.3 is 4.74 Å². The van der Waals surface area contributed by atoms with Gasteiger partial charge in [0, 0.05) is 0 Å². The van der Waals surface area contributed by atoms with E-state index in [0.29, 0.717) is 10.8 Å². The lowest BCUT2D eigenvalue weighted by Crippen LogP contribution is -2.07. The van der Waals surface area contributed by atoms with Crippen molar-refractivity contribution in [1.82, 2.24) is 4.98 Å². The minimum absolute atomic E-state index is 0.170. The number of carbonyl (C=O) groups excluding carboxylic acids is 1. The molecule has 0 unspecified atom stereocenters. The number of aryl methyl sites for hydroxylation is 1. The van der Waals surface area contributed by atoms with Crippen LogP contribution in [-0.2, 0) is 16.0 Å². The highest BCUT2D eigenvalue weighted by Crippen LogP contribution is 2.11. The number of ether oxygens (including phenoxy) is 1. The highest BCUT2D eigenvalue weighted by molar-refractivity contribution is 6.29. The third-order valence-electron chi connectivity index (χ3n) is 1.71. The van der Waals surface area contributed by atoms with Crippen LogP contribution in [0.5, 0.6) is 0 Å². The predicted octanol–water partition coefficient (Wildman–Crippen LogP) is 1.76. The number of carbonyl (C=O) groups is 1. The summed E-state index contributed by atoms with van der Waals surface area (Å²) in [6.07, 6.45) is 0.170. The van der Waals surface area contributed by atoms with E-state index in [0.717, 1.165) is 5.56 Å². The number of halogens is 1. The van der Waals surface area contributed by atoms with Crippen molar-refractivity contribution in [1.29, 1.82) is 0 Å². The fourth-order valence-electron chi connectivity index (χ4n) is 0.932. The molecule has 1 aromatic rings. The second-order valence-corrected chi connectivity index (χ2v) is 3.04. The van der Waals surface area contributed by atoms with E-state index in [-0.39, 0.29) is 12.4 Å². The Balaban J connectivity index is 2.87. The van der Waals surface area contributed by atoms with Crippen molar-refractivity contribution in [2.75, 3.05) is 7.11 Å². The van der Waals surface area contributed by atoms with Crippen LogP contribution in [0.3, 0.4) is 0 Å². The van der Waals surface area contributed by atoms with Crippen molar-refractivity contribution in [2.24, 2.45) is 0 Å². The maximum Gasteiger partial charge on any atom is 0.311 e. The maximum absolute atomic E-state index is 10.9. The molecule has 1 rings (SSSR count). The van der Waals surface area contributed by atoms with Crippen LogP contribution in [0.4, 0.5) is 0 Å². The third-order valence-corrected chi connectivity index (χ3v) is 1.92. The van der Waals surface area contributed by atoms with Crippen LogP contribution >= 0.6 is 11.6 Å². The molecule has 13 heavy (non-hydrogen) atoms. The monoisotopic (exact) mass is 199 g/mol. The lowest BCUT2D eigenvalue weighted by Gasteiger charge is -2.03. The molecule has 0 radical (unpaired) electrons. The molecule has 0 aliphatic carbocycles. The van der Waals surface area contributed by atoms with Gasteiger partial charge in [-0.05, 0) is 18.6 Å². The summed E-state index contributed by atoms with van der Waals surface area (Å²) < 4.78 is 4.53. The quantitative estimate of drug-likeness (QED) is 0.538. The van der Waals surface area contributed by atoms with Gasteiger partial charge in [-0.2, -0.15) is 0 Å². The van der Waals surface area contributed by atoms with Crippen LogP contribution in [-0.4, -0.2) is 18.1 Å². The van der Waals surface area contributed by atoms with Crippen LogP contribution in [0.15, 0.2) is 12.1 Å². The summed E-state index contributed by atoms with van der Waals surface area (Å²) >= 11 is 5.68. The van der Waals surface area contributed by atoms with Crippen molar-refractivity contribution >= 4 is 17.6 Å². The lowest BCUT2D eigenvalue weighted by molar-refractivity contribution is -0.139. The van der Waals surface area contributed by atoms with Crippen molar-refractivity contribution in [3.63, 3.8) is 0 Å². The molecule has 0 saturated carbocycles. The summed E-state index contributed by atoms with van der Waals surface area (Å²) in [5.74, 6) is -0.308. The molecule has 1 aromatic heterocycles. The molecule has 0 aliphatic rings. The Morgan fingerprint density at radius 3 is 2.92 bits per heavy atom. The molecule has 1 heterocycles. The number of esters is 1. The van der Waals surface area contributed by atoms with E-state index in [2.05, 4.69) is 9.72 Å². The maximum atomic E-state index is 10.9. The molecule has 0 fully saturated rings. The summed E-state index contributed by atoms with van der Waals surface area (Å²) in [4.78, 5) is 15.0. The first kappa shape index (κ1) is 9.99. The Morgan fingerprint density at radius 1 is 1.62 bits per heavy atom. The van der Waals surface area contributed by atoms with Gasteiger partial charge in [0.15, 0.2) is 0 Å². The van der Waals surface area contributed by atoms with Crippen molar-refractivity contribution in [3.05, 3.63) is 28.5 Å². The zero-order valence-corrected chi connectivity index (χ0v) is 8.26. The molecule has 0 N–H and O–H groups in total. The normalized spacial score (nSPS) is 9.77. The van der Waals surface area contributed by atoms with Crippen LogP contribution in [0.1, 0.15) is 11.3 Å². The molecular formula is C9H10ClNO2. The topological polar surface area (TPSA) is 39.2 Å². The zero-order valence-electron chi connectivity index (χ0n) is 7.50. The number of hydrogen-bond donors (Lipinski definition) is 0. The van der Waals surface area contributed by atoms with Gasteiger partial charge in [-0.1, -0.05) is 17.7 Å².